The topological polar surface area (TPSA) is 38.8 Å². The smallest absolute Gasteiger partial charge is 0.231 e. The summed E-state index contributed by atoms with van der Waals surface area (Å²) in [4.78, 5) is 15.1. The molecule has 0 unspecified atom stereocenters. The minimum Gasteiger partial charge on any atom is -0.478 e. The van der Waals surface area contributed by atoms with Crippen molar-refractivity contribution < 1.29 is 14.3 Å². The predicted molar refractivity (Wildman–Crippen MR) is 127 cm³/mol. The normalized spacial score (nSPS) is 16.5. The zero-order chi connectivity index (χ0) is 22.2. The third kappa shape index (κ3) is 4.14. The van der Waals surface area contributed by atoms with Gasteiger partial charge in [-0.2, -0.15) is 0 Å². The first-order valence-electron chi connectivity index (χ1n) is 10.4. The number of allylic oxidation sites excluding steroid dienone is 1. The summed E-state index contributed by atoms with van der Waals surface area (Å²) in [6, 6.07) is 17.2. The second kappa shape index (κ2) is 8.62. The van der Waals surface area contributed by atoms with Crippen molar-refractivity contribution in [3.63, 3.8) is 0 Å². The number of carbonyl (C=O) groups is 1. The van der Waals surface area contributed by atoms with Crippen molar-refractivity contribution in [1.29, 1.82) is 0 Å². The summed E-state index contributed by atoms with van der Waals surface area (Å²) in [5, 5.41) is 1.29. The number of halogens is 2. The SMILES string of the molecule is Cc1ccc(/C=C2\Oc3c(ccc4c3CN(CCc3ccc(Cl)cc3Cl)CO4)C2=O)cc1. The minimum atomic E-state index is -0.103. The third-order valence-corrected chi connectivity index (χ3v) is 6.36. The molecule has 0 radical (unpaired) electrons. The Bertz CT molecular complexity index is 1230. The number of aryl methyl sites for hydroxylation is 1. The molecule has 0 aromatic heterocycles. The van der Waals surface area contributed by atoms with E-state index in [1.165, 1.54) is 5.56 Å². The van der Waals surface area contributed by atoms with E-state index in [1.54, 1.807) is 18.2 Å². The van der Waals surface area contributed by atoms with E-state index in [1.807, 2.05) is 49.4 Å². The Balaban J connectivity index is 1.35. The zero-order valence-corrected chi connectivity index (χ0v) is 19.0. The van der Waals surface area contributed by atoms with Crippen LogP contribution in [0.15, 0.2) is 60.4 Å². The zero-order valence-electron chi connectivity index (χ0n) is 17.5. The number of rotatable bonds is 4. The molecule has 0 amide bonds. The molecule has 0 N–H and O–H groups in total. The highest BCUT2D eigenvalue weighted by Crippen LogP contribution is 2.42. The van der Waals surface area contributed by atoms with Gasteiger partial charge in [0, 0.05) is 23.1 Å². The van der Waals surface area contributed by atoms with Crippen molar-refractivity contribution in [1.82, 2.24) is 4.90 Å². The van der Waals surface area contributed by atoms with Crippen LogP contribution < -0.4 is 9.47 Å². The third-order valence-electron chi connectivity index (χ3n) is 5.77. The lowest BCUT2D eigenvalue weighted by Gasteiger charge is -2.29. The van der Waals surface area contributed by atoms with E-state index in [9.17, 15) is 4.79 Å². The highest BCUT2D eigenvalue weighted by atomic mass is 35.5. The van der Waals surface area contributed by atoms with E-state index >= 15 is 0 Å². The number of Topliss-reactive ketones (excluding diaryl/α,β-unsaturated/α-hetero) is 1. The molecule has 2 aliphatic rings. The average molecular weight is 466 g/mol. The van der Waals surface area contributed by atoms with Crippen molar-refractivity contribution in [3.8, 4) is 11.5 Å². The molecule has 0 saturated heterocycles. The van der Waals surface area contributed by atoms with Gasteiger partial charge in [0.05, 0.1) is 11.1 Å². The quantitative estimate of drug-likeness (QED) is 0.423. The lowest BCUT2D eigenvalue weighted by atomic mass is 10.0. The van der Waals surface area contributed by atoms with Gasteiger partial charge in [-0.1, -0.05) is 59.1 Å². The summed E-state index contributed by atoms with van der Waals surface area (Å²) in [5.41, 5.74) is 4.61. The number of ether oxygens (including phenoxy) is 2. The van der Waals surface area contributed by atoms with Gasteiger partial charge in [-0.3, -0.25) is 9.69 Å². The number of carbonyl (C=O) groups excluding carboxylic acids is 1. The van der Waals surface area contributed by atoms with E-state index in [0.29, 0.717) is 40.4 Å². The van der Waals surface area contributed by atoms with Crippen LogP contribution in [0.2, 0.25) is 10.0 Å². The average Bonchev–Trinajstić information content (AvgIpc) is 3.10. The molecule has 0 spiro atoms. The standard InChI is InChI=1S/C26H21Cl2NO3/c1-16-2-4-17(5-3-16)12-24-25(30)20-8-9-23-21(26(20)32-24)14-29(15-31-23)11-10-18-6-7-19(27)13-22(18)28/h2-9,12-13H,10-11,14-15H2,1H3/b24-12-. The molecular formula is C26H21Cl2NO3. The van der Waals surface area contributed by atoms with E-state index < -0.39 is 0 Å². The molecule has 0 aliphatic carbocycles. The molecule has 162 valence electrons. The van der Waals surface area contributed by atoms with Gasteiger partial charge in [0.25, 0.3) is 0 Å². The van der Waals surface area contributed by atoms with Crippen LogP contribution in [0.25, 0.3) is 6.08 Å². The van der Waals surface area contributed by atoms with Crippen LogP contribution in [-0.2, 0) is 13.0 Å². The Hall–Kier alpha value is -2.79. The summed E-state index contributed by atoms with van der Waals surface area (Å²) in [6.07, 6.45) is 2.56. The molecule has 2 heterocycles. The second-order valence-corrected chi connectivity index (χ2v) is 8.92. The van der Waals surface area contributed by atoms with Gasteiger partial charge in [0.1, 0.15) is 18.2 Å². The fraction of sp³-hybridized carbons (Fsp3) is 0.192. The molecule has 5 rings (SSSR count). The maximum absolute atomic E-state index is 12.9. The number of hydrogen-bond acceptors (Lipinski definition) is 4. The summed E-state index contributed by atoms with van der Waals surface area (Å²) >= 11 is 12.3. The van der Waals surface area contributed by atoms with Gasteiger partial charge in [0.15, 0.2) is 5.76 Å². The molecule has 0 bridgehead atoms. The van der Waals surface area contributed by atoms with Crippen molar-refractivity contribution in [2.24, 2.45) is 0 Å². The second-order valence-electron chi connectivity index (χ2n) is 8.08. The van der Waals surface area contributed by atoms with Gasteiger partial charge < -0.3 is 9.47 Å². The lowest BCUT2D eigenvalue weighted by Crippen LogP contribution is -2.33. The first-order valence-corrected chi connectivity index (χ1v) is 11.2. The number of fused-ring (bicyclic) bond motifs is 3. The summed E-state index contributed by atoms with van der Waals surface area (Å²) in [5.74, 6) is 1.59. The molecule has 3 aromatic carbocycles. The molecule has 6 heteroatoms. The largest absolute Gasteiger partial charge is 0.478 e. The fourth-order valence-corrected chi connectivity index (χ4v) is 4.47. The maximum Gasteiger partial charge on any atom is 0.231 e. The summed E-state index contributed by atoms with van der Waals surface area (Å²) in [7, 11) is 0. The van der Waals surface area contributed by atoms with E-state index in [2.05, 4.69) is 4.90 Å². The van der Waals surface area contributed by atoms with Gasteiger partial charge >= 0.3 is 0 Å². The van der Waals surface area contributed by atoms with Crippen molar-refractivity contribution >= 4 is 35.1 Å². The van der Waals surface area contributed by atoms with Gasteiger partial charge in [-0.15, -0.1) is 0 Å². The Morgan fingerprint density at radius 2 is 1.88 bits per heavy atom. The van der Waals surface area contributed by atoms with Crippen molar-refractivity contribution in [2.45, 2.75) is 19.9 Å². The van der Waals surface area contributed by atoms with E-state index in [4.69, 9.17) is 32.7 Å². The van der Waals surface area contributed by atoms with Gasteiger partial charge in [-0.25, -0.2) is 0 Å². The van der Waals surface area contributed by atoms with E-state index in [0.717, 1.165) is 35.4 Å². The minimum absolute atomic E-state index is 0.103. The molecule has 2 aliphatic heterocycles. The van der Waals surface area contributed by atoms with Crippen molar-refractivity contribution in [2.75, 3.05) is 13.3 Å². The molecule has 0 fully saturated rings. The van der Waals surface area contributed by atoms with Crippen LogP contribution in [0.5, 0.6) is 11.5 Å². The van der Waals surface area contributed by atoms with E-state index in [-0.39, 0.29) is 5.78 Å². The Morgan fingerprint density at radius 3 is 2.66 bits per heavy atom. The monoisotopic (exact) mass is 465 g/mol. The summed E-state index contributed by atoms with van der Waals surface area (Å²) in [6.45, 7) is 3.89. The Labute approximate surface area is 197 Å². The Kier molecular flexibility index (Phi) is 5.68. The number of benzene rings is 3. The summed E-state index contributed by atoms with van der Waals surface area (Å²) < 4.78 is 12.0. The highest BCUT2D eigenvalue weighted by Gasteiger charge is 2.33. The molecule has 0 atom stereocenters. The molecule has 32 heavy (non-hydrogen) atoms. The van der Waals surface area contributed by atoms with Crippen LogP contribution >= 0.6 is 23.2 Å². The number of nitrogens with zero attached hydrogens (tertiary/aromatic N) is 1. The number of ketones is 1. The molecular weight excluding hydrogens is 445 g/mol. The van der Waals surface area contributed by atoms with Crippen LogP contribution in [0.1, 0.15) is 32.6 Å². The molecule has 4 nitrogen and oxygen atoms in total. The fourth-order valence-electron chi connectivity index (χ4n) is 3.96. The highest BCUT2D eigenvalue weighted by molar-refractivity contribution is 6.35. The number of hydrogen-bond donors (Lipinski definition) is 0. The first kappa shape index (κ1) is 21.1. The van der Waals surface area contributed by atoms with Crippen LogP contribution in [0.4, 0.5) is 0 Å². The lowest BCUT2D eigenvalue weighted by molar-refractivity contribution is 0.0950. The van der Waals surface area contributed by atoms with Crippen LogP contribution in [0, 0.1) is 6.92 Å². The Morgan fingerprint density at radius 1 is 1.06 bits per heavy atom. The first-order chi connectivity index (χ1) is 15.5. The van der Waals surface area contributed by atoms with Gasteiger partial charge in [-0.05, 0) is 54.8 Å². The maximum atomic E-state index is 12.9. The van der Waals surface area contributed by atoms with Gasteiger partial charge in [0.2, 0.25) is 5.78 Å². The van der Waals surface area contributed by atoms with Crippen molar-refractivity contribution in [3.05, 3.63) is 98.2 Å². The molecule has 3 aromatic rings. The van der Waals surface area contributed by atoms with Crippen LogP contribution in [0.3, 0.4) is 0 Å². The van der Waals surface area contributed by atoms with Crippen LogP contribution in [-0.4, -0.2) is 24.0 Å². The molecule has 0 saturated carbocycles. The predicted octanol–water partition coefficient (Wildman–Crippen LogP) is 6.31.